The Morgan fingerprint density at radius 3 is 2.52 bits per heavy atom. The Balaban J connectivity index is 1.84. The van der Waals surface area contributed by atoms with Gasteiger partial charge in [0.15, 0.2) is 0 Å². The number of benzene rings is 1. The Morgan fingerprint density at radius 1 is 1.16 bits per heavy atom. The Labute approximate surface area is 142 Å². The van der Waals surface area contributed by atoms with Gasteiger partial charge in [-0.15, -0.1) is 0 Å². The summed E-state index contributed by atoms with van der Waals surface area (Å²) in [7, 11) is 0. The number of nitrogens with one attached hydrogen (secondary N) is 3. The number of amides is 2. The highest BCUT2D eigenvalue weighted by molar-refractivity contribution is 6.01. The van der Waals surface area contributed by atoms with E-state index in [1.165, 1.54) is 12.1 Å². The molecule has 2 saturated heterocycles. The van der Waals surface area contributed by atoms with Crippen molar-refractivity contribution in [2.45, 2.75) is 25.1 Å². The van der Waals surface area contributed by atoms with E-state index in [0.717, 1.165) is 6.07 Å². The van der Waals surface area contributed by atoms with Gasteiger partial charge in [0.05, 0.1) is 5.56 Å². The Kier molecular flexibility index (Phi) is 4.85. The molecule has 1 aromatic rings. The Bertz CT molecular complexity index is 672. The van der Waals surface area contributed by atoms with Crippen LogP contribution in [0.3, 0.4) is 0 Å². The summed E-state index contributed by atoms with van der Waals surface area (Å²) in [5.41, 5.74) is -0.379. The molecule has 0 radical (unpaired) electrons. The lowest BCUT2D eigenvalue weighted by atomic mass is 10.0. The predicted octanol–water partition coefficient (Wildman–Crippen LogP) is 1.33. The molecule has 6 nitrogen and oxygen atoms in total. The molecule has 136 valence electrons. The topological polar surface area (TPSA) is 73.5 Å². The second kappa shape index (κ2) is 6.91. The molecule has 2 aliphatic heterocycles. The molecule has 1 aromatic carbocycles. The zero-order valence-corrected chi connectivity index (χ0v) is 13.4. The van der Waals surface area contributed by atoms with Gasteiger partial charge in [-0.25, -0.2) is 0 Å². The van der Waals surface area contributed by atoms with Crippen molar-refractivity contribution in [1.82, 2.24) is 10.6 Å². The fourth-order valence-electron chi connectivity index (χ4n) is 3.07. The number of hydrogen-bond acceptors (Lipinski definition) is 5. The smallest absolute Gasteiger partial charge is 0.374 e. The average Bonchev–Trinajstić information content (AvgIpc) is 2.57. The quantitative estimate of drug-likeness (QED) is 0.713. The maximum Gasteiger partial charge on any atom is 0.418 e. The molecule has 0 bridgehead atoms. The number of alkyl halides is 3. The van der Waals surface area contributed by atoms with E-state index < -0.39 is 23.7 Å². The Hall–Kier alpha value is -2.29. The zero-order valence-electron chi connectivity index (χ0n) is 13.4. The first-order chi connectivity index (χ1) is 11.8. The highest BCUT2D eigenvalue weighted by Gasteiger charge is 2.36. The number of rotatable bonds is 3. The fraction of sp³-hybridized carbons (Fsp3) is 0.500. The molecule has 9 heteroatoms. The molecule has 0 aromatic heterocycles. The normalized spacial score (nSPS) is 21.9. The van der Waals surface area contributed by atoms with Crippen LogP contribution in [-0.4, -0.2) is 44.0 Å². The molecular weight excluding hydrogens is 337 g/mol. The molecule has 0 saturated carbocycles. The first-order valence-corrected chi connectivity index (χ1v) is 8.12. The molecule has 3 rings (SSSR count). The average molecular weight is 356 g/mol. The van der Waals surface area contributed by atoms with Crippen LogP contribution in [0.5, 0.6) is 0 Å². The number of carbonyl (C=O) groups excluding carboxylic acids is 2. The lowest BCUT2D eigenvalue weighted by Gasteiger charge is -2.32. The third-order valence-electron chi connectivity index (χ3n) is 4.34. The molecule has 0 aliphatic carbocycles. The van der Waals surface area contributed by atoms with Crippen LogP contribution in [0.1, 0.15) is 18.4 Å². The summed E-state index contributed by atoms with van der Waals surface area (Å²) in [6, 6.07) is 3.28. The molecule has 2 heterocycles. The number of carbonyl (C=O) groups is 2. The SMILES string of the molecule is O=C1CCC(Nc2ccc(N3CCNCC3)c(C(F)(F)F)c2)C(=O)N1. The van der Waals surface area contributed by atoms with Gasteiger partial charge in [0, 0.05) is 44.0 Å². The number of halogens is 3. The zero-order chi connectivity index (χ0) is 18.0. The number of nitrogens with zero attached hydrogens (tertiary/aromatic N) is 1. The number of hydrogen-bond donors (Lipinski definition) is 3. The van der Waals surface area contributed by atoms with Crippen molar-refractivity contribution >= 4 is 23.2 Å². The van der Waals surface area contributed by atoms with Crippen LogP contribution < -0.4 is 20.9 Å². The Morgan fingerprint density at radius 2 is 1.88 bits per heavy atom. The van der Waals surface area contributed by atoms with E-state index in [1.54, 1.807) is 4.90 Å². The van der Waals surface area contributed by atoms with Gasteiger partial charge in [-0.1, -0.05) is 0 Å². The summed E-state index contributed by atoms with van der Waals surface area (Å²) < 4.78 is 40.5. The standard InChI is InChI=1S/C16H19F3N4O2/c17-16(18,19)11-9-10(21-12-2-4-14(24)22-15(12)25)1-3-13(11)23-7-5-20-6-8-23/h1,3,9,12,20-21H,2,4-8H2,(H,22,24,25). The molecule has 0 spiro atoms. The maximum atomic E-state index is 13.5. The monoisotopic (exact) mass is 356 g/mol. The molecule has 2 aliphatic rings. The van der Waals surface area contributed by atoms with Gasteiger partial charge in [0.25, 0.3) is 0 Å². The maximum absolute atomic E-state index is 13.5. The van der Waals surface area contributed by atoms with E-state index in [1.807, 2.05) is 0 Å². The third-order valence-corrected chi connectivity index (χ3v) is 4.34. The van der Waals surface area contributed by atoms with Gasteiger partial charge >= 0.3 is 6.18 Å². The summed E-state index contributed by atoms with van der Waals surface area (Å²) in [6.45, 7) is 2.27. The van der Waals surface area contributed by atoms with Gasteiger partial charge < -0.3 is 15.5 Å². The van der Waals surface area contributed by atoms with Crippen molar-refractivity contribution in [3.63, 3.8) is 0 Å². The van der Waals surface area contributed by atoms with Crippen molar-refractivity contribution in [3.8, 4) is 0 Å². The highest BCUT2D eigenvalue weighted by Crippen LogP contribution is 2.38. The van der Waals surface area contributed by atoms with Crippen LogP contribution in [-0.2, 0) is 15.8 Å². The predicted molar refractivity (Wildman–Crippen MR) is 86.3 cm³/mol. The number of imide groups is 1. The van der Waals surface area contributed by atoms with Crippen LogP contribution in [0, 0.1) is 0 Å². The first-order valence-electron chi connectivity index (χ1n) is 8.12. The first kappa shape index (κ1) is 17.5. The number of piperidine rings is 1. The van der Waals surface area contributed by atoms with Crippen LogP contribution >= 0.6 is 0 Å². The summed E-state index contributed by atoms with van der Waals surface area (Å²) in [5, 5.41) is 8.09. The molecule has 1 atom stereocenters. The minimum Gasteiger partial charge on any atom is -0.374 e. The van der Waals surface area contributed by atoms with Crippen molar-refractivity contribution in [1.29, 1.82) is 0 Å². The van der Waals surface area contributed by atoms with E-state index in [9.17, 15) is 22.8 Å². The van der Waals surface area contributed by atoms with Crippen molar-refractivity contribution in [3.05, 3.63) is 23.8 Å². The van der Waals surface area contributed by atoms with Crippen molar-refractivity contribution in [2.24, 2.45) is 0 Å². The lowest BCUT2D eigenvalue weighted by Crippen LogP contribution is -2.47. The highest BCUT2D eigenvalue weighted by atomic mass is 19.4. The van der Waals surface area contributed by atoms with Crippen LogP contribution in [0.25, 0.3) is 0 Å². The number of piperazine rings is 1. The second-order valence-corrected chi connectivity index (χ2v) is 6.11. The molecule has 3 N–H and O–H groups in total. The second-order valence-electron chi connectivity index (χ2n) is 6.11. The summed E-state index contributed by atoms with van der Waals surface area (Å²) in [4.78, 5) is 24.6. The van der Waals surface area contributed by atoms with E-state index in [2.05, 4.69) is 16.0 Å². The lowest BCUT2D eigenvalue weighted by molar-refractivity contribution is -0.137. The third kappa shape index (κ3) is 4.04. The fourth-order valence-corrected chi connectivity index (χ4v) is 3.07. The van der Waals surface area contributed by atoms with E-state index in [0.29, 0.717) is 26.2 Å². The minimum absolute atomic E-state index is 0.142. The summed E-state index contributed by atoms with van der Waals surface area (Å²) in [6.07, 6.45) is -4.08. The van der Waals surface area contributed by atoms with Crippen molar-refractivity contribution in [2.75, 3.05) is 36.4 Å². The van der Waals surface area contributed by atoms with Gasteiger partial charge in [0.2, 0.25) is 11.8 Å². The van der Waals surface area contributed by atoms with E-state index >= 15 is 0 Å². The summed E-state index contributed by atoms with van der Waals surface area (Å²) in [5.74, 6) is -0.885. The molecule has 2 fully saturated rings. The van der Waals surface area contributed by atoms with Gasteiger partial charge in [0.1, 0.15) is 6.04 Å². The molecule has 2 amide bonds. The molecular formula is C16H19F3N4O2. The molecule has 25 heavy (non-hydrogen) atoms. The van der Waals surface area contributed by atoms with Gasteiger partial charge in [-0.05, 0) is 24.6 Å². The number of anilines is 2. The van der Waals surface area contributed by atoms with E-state index in [-0.39, 0.29) is 30.1 Å². The molecule has 1 unspecified atom stereocenters. The minimum atomic E-state index is -4.50. The van der Waals surface area contributed by atoms with E-state index in [4.69, 9.17) is 0 Å². The largest absolute Gasteiger partial charge is 0.418 e. The summed E-state index contributed by atoms with van der Waals surface area (Å²) >= 11 is 0. The van der Waals surface area contributed by atoms with Crippen molar-refractivity contribution < 1.29 is 22.8 Å². The van der Waals surface area contributed by atoms with Crippen LogP contribution in [0.2, 0.25) is 0 Å². The van der Waals surface area contributed by atoms with Gasteiger partial charge in [-0.3, -0.25) is 14.9 Å². The van der Waals surface area contributed by atoms with Gasteiger partial charge in [-0.2, -0.15) is 13.2 Å². The van der Waals surface area contributed by atoms with Crippen LogP contribution in [0.4, 0.5) is 24.5 Å². The van der Waals surface area contributed by atoms with Crippen LogP contribution in [0.15, 0.2) is 18.2 Å².